The zero-order valence-electron chi connectivity index (χ0n) is 11.5. The second-order valence-electron chi connectivity index (χ2n) is 5.00. The minimum absolute atomic E-state index is 0.0585. The number of unbranched alkanes of at least 4 members (excludes halogenated alkanes) is 1. The van der Waals surface area contributed by atoms with E-state index >= 15 is 0 Å². The second kappa shape index (κ2) is 8.64. The van der Waals surface area contributed by atoms with Crippen molar-refractivity contribution in [2.24, 2.45) is 5.92 Å². The van der Waals surface area contributed by atoms with Crippen molar-refractivity contribution in [3.05, 3.63) is 0 Å². The van der Waals surface area contributed by atoms with Gasteiger partial charge in [-0.15, -0.1) is 0 Å². The monoisotopic (exact) mass is 274 g/mol. The molecule has 2 amide bonds. The number of thioether (sulfide) groups is 1. The van der Waals surface area contributed by atoms with Gasteiger partial charge in [0.25, 0.3) is 0 Å². The van der Waals surface area contributed by atoms with Gasteiger partial charge in [0, 0.05) is 19.6 Å². The summed E-state index contributed by atoms with van der Waals surface area (Å²) in [4.78, 5) is 13.7. The standard InChI is InChI=1S/C13H26N2O2S/c1-11(16)12-5-8-15(9-6-12)13(17)14-7-3-4-10-18-2/h11-12,16H,3-10H2,1-2H3,(H,14,17). The molecule has 0 aromatic carbocycles. The summed E-state index contributed by atoms with van der Waals surface area (Å²) in [5.74, 6) is 1.52. The molecular weight excluding hydrogens is 248 g/mol. The van der Waals surface area contributed by atoms with Gasteiger partial charge in [0.05, 0.1) is 6.10 Å². The van der Waals surface area contributed by atoms with Crippen LogP contribution in [0.3, 0.4) is 0 Å². The molecule has 0 spiro atoms. The van der Waals surface area contributed by atoms with Crippen LogP contribution in [0.25, 0.3) is 0 Å². The summed E-state index contributed by atoms with van der Waals surface area (Å²) in [6, 6.07) is 0.0585. The van der Waals surface area contributed by atoms with Gasteiger partial charge in [0.2, 0.25) is 0 Å². The number of piperidine rings is 1. The number of carbonyl (C=O) groups is 1. The third kappa shape index (κ3) is 5.48. The van der Waals surface area contributed by atoms with Crippen LogP contribution in [-0.2, 0) is 0 Å². The van der Waals surface area contributed by atoms with E-state index in [2.05, 4.69) is 11.6 Å². The molecule has 1 fully saturated rings. The third-order valence-electron chi connectivity index (χ3n) is 3.56. The lowest BCUT2D eigenvalue weighted by Crippen LogP contribution is -2.45. The summed E-state index contributed by atoms with van der Waals surface area (Å²) in [5.41, 5.74) is 0. The highest BCUT2D eigenvalue weighted by atomic mass is 32.2. The Morgan fingerprint density at radius 3 is 2.67 bits per heavy atom. The van der Waals surface area contributed by atoms with E-state index in [0.717, 1.165) is 51.1 Å². The van der Waals surface area contributed by atoms with Crippen molar-refractivity contribution < 1.29 is 9.90 Å². The highest BCUT2D eigenvalue weighted by Gasteiger charge is 2.24. The smallest absolute Gasteiger partial charge is 0.317 e. The molecule has 1 heterocycles. The van der Waals surface area contributed by atoms with E-state index < -0.39 is 0 Å². The lowest BCUT2D eigenvalue weighted by Gasteiger charge is -2.33. The van der Waals surface area contributed by atoms with Gasteiger partial charge in [-0.2, -0.15) is 11.8 Å². The van der Waals surface area contributed by atoms with Crippen LogP contribution in [0.5, 0.6) is 0 Å². The predicted molar refractivity (Wildman–Crippen MR) is 77.0 cm³/mol. The van der Waals surface area contributed by atoms with Crippen LogP contribution in [0.15, 0.2) is 0 Å². The van der Waals surface area contributed by atoms with E-state index in [1.54, 1.807) is 0 Å². The molecule has 18 heavy (non-hydrogen) atoms. The minimum Gasteiger partial charge on any atom is -0.393 e. The Morgan fingerprint density at radius 1 is 1.44 bits per heavy atom. The Kier molecular flexibility index (Phi) is 7.51. The first-order chi connectivity index (χ1) is 8.65. The van der Waals surface area contributed by atoms with Gasteiger partial charge in [0.1, 0.15) is 0 Å². The molecule has 1 aliphatic heterocycles. The second-order valence-corrected chi connectivity index (χ2v) is 5.98. The largest absolute Gasteiger partial charge is 0.393 e. The van der Waals surface area contributed by atoms with Gasteiger partial charge in [0.15, 0.2) is 0 Å². The zero-order valence-corrected chi connectivity index (χ0v) is 12.3. The summed E-state index contributed by atoms with van der Waals surface area (Å²) < 4.78 is 0. The SMILES string of the molecule is CSCCCCNC(=O)N1CCC(C(C)O)CC1. The molecule has 0 aliphatic carbocycles. The number of hydrogen-bond acceptors (Lipinski definition) is 3. The van der Waals surface area contributed by atoms with Crippen LogP contribution in [-0.4, -0.2) is 53.8 Å². The number of amides is 2. The first kappa shape index (κ1) is 15.6. The highest BCUT2D eigenvalue weighted by Crippen LogP contribution is 2.20. The molecule has 106 valence electrons. The molecule has 4 nitrogen and oxygen atoms in total. The number of carbonyl (C=O) groups excluding carboxylic acids is 1. The number of likely N-dealkylation sites (tertiary alicyclic amines) is 1. The molecule has 0 radical (unpaired) electrons. The normalized spacial score (nSPS) is 18.7. The van der Waals surface area contributed by atoms with E-state index in [9.17, 15) is 9.90 Å². The van der Waals surface area contributed by atoms with Crippen molar-refractivity contribution in [3.63, 3.8) is 0 Å². The maximum absolute atomic E-state index is 11.9. The van der Waals surface area contributed by atoms with E-state index in [1.807, 2.05) is 23.6 Å². The van der Waals surface area contributed by atoms with Gasteiger partial charge in [-0.05, 0) is 50.5 Å². The van der Waals surface area contributed by atoms with Crippen LogP contribution < -0.4 is 5.32 Å². The Hall–Kier alpha value is -0.420. The molecule has 1 atom stereocenters. The molecule has 1 unspecified atom stereocenters. The lowest BCUT2D eigenvalue weighted by molar-refractivity contribution is 0.0798. The molecule has 5 heteroatoms. The van der Waals surface area contributed by atoms with E-state index in [0.29, 0.717) is 5.92 Å². The van der Waals surface area contributed by atoms with Crippen molar-refractivity contribution in [3.8, 4) is 0 Å². The molecule has 0 bridgehead atoms. The number of aliphatic hydroxyl groups is 1. The van der Waals surface area contributed by atoms with Crippen LogP contribution >= 0.6 is 11.8 Å². The summed E-state index contributed by atoms with van der Waals surface area (Å²) in [6.07, 6.45) is 5.89. The van der Waals surface area contributed by atoms with Crippen molar-refractivity contribution in [1.82, 2.24) is 10.2 Å². The summed E-state index contributed by atoms with van der Waals surface area (Å²) >= 11 is 1.84. The van der Waals surface area contributed by atoms with Gasteiger partial charge in [-0.1, -0.05) is 0 Å². The van der Waals surface area contributed by atoms with Gasteiger partial charge < -0.3 is 15.3 Å². The molecule has 1 aliphatic rings. The fourth-order valence-electron chi connectivity index (χ4n) is 2.26. The Balaban J connectivity index is 2.12. The van der Waals surface area contributed by atoms with E-state index in [4.69, 9.17) is 0 Å². The Bertz CT molecular complexity index is 241. The number of rotatable bonds is 6. The number of aliphatic hydroxyl groups excluding tert-OH is 1. The first-order valence-corrected chi connectivity index (χ1v) is 8.24. The number of nitrogens with zero attached hydrogens (tertiary/aromatic N) is 1. The number of urea groups is 1. The minimum atomic E-state index is -0.248. The van der Waals surface area contributed by atoms with E-state index in [1.165, 1.54) is 0 Å². The fourth-order valence-corrected chi connectivity index (χ4v) is 2.76. The third-order valence-corrected chi connectivity index (χ3v) is 4.26. The Labute approximate surface area is 115 Å². The average Bonchev–Trinajstić information content (AvgIpc) is 2.38. The van der Waals surface area contributed by atoms with Crippen molar-refractivity contribution in [1.29, 1.82) is 0 Å². The number of nitrogens with one attached hydrogen (secondary N) is 1. The first-order valence-electron chi connectivity index (χ1n) is 6.85. The molecule has 0 saturated carbocycles. The topological polar surface area (TPSA) is 52.6 Å². The molecule has 1 saturated heterocycles. The van der Waals surface area contributed by atoms with Crippen LogP contribution in [0, 0.1) is 5.92 Å². The maximum Gasteiger partial charge on any atom is 0.317 e. The van der Waals surface area contributed by atoms with Gasteiger partial charge in [-0.25, -0.2) is 4.79 Å². The quantitative estimate of drug-likeness (QED) is 0.728. The average molecular weight is 274 g/mol. The van der Waals surface area contributed by atoms with Crippen molar-refractivity contribution in [2.45, 2.75) is 38.7 Å². The molecule has 2 N–H and O–H groups in total. The summed E-state index contributed by atoms with van der Waals surface area (Å²) in [6.45, 7) is 4.15. The summed E-state index contributed by atoms with van der Waals surface area (Å²) in [7, 11) is 0. The lowest BCUT2D eigenvalue weighted by atomic mass is 9.92. The highest BCUT2D eigenvalue weighted by molar-refractivity contribution is 7.98. The number of hydrogen-bond donors (Lipinski definition) is 2. The predicted octanol–water partition coefficient (Wildman–Crippen LogP) is 1.93. The molecular formula is C13H26N2O2S. The van der Waals surface area contributed by atoms with Crippen LogP contribution in [0.1, 0.15) is 32.6 Å². The summed E-state index contributed by atoms with van der Waals surface area (Å²) in [5, 5.41) is 12.5. The zero-order chi connectivity index (χ0) is 13.4. The van der Waals surface area contributed by atoms with Crippen LogP contribution in [0.2, 0.25) is 0 Å². The molecule has 0 aromatic heterocycles. The van der Waals surface area contributed by atoms with Gasteiger partial charge >= 0.3 is 6.03 Å². The van der Waals surface area contributed by atoms with Crippen molar-refractivity contribution in [2.75, 3.05) is 31.6 Å². The fraction of sp³-hybridized carbons (Fsp3) is 0.923. The maximum atomic E-state index is 11.9. The Morgan fingerprint density at radius 2 is 2.11 bits per heavy atom. The van der Waals surface area contributed by atoms with Crippen LogP contribution in [0.4, 0.5) is 4.79 Å². The van der Waals surface area contributed by atoms with E-state index in [-0.39, 0.29) is 12.1 Å². The molecule has 0 aromatic rings. The van der Waals surface area contributed by atoms with Gasteiger partial charge in [-0.3, -0.25) is 0 Å². The molecule has 1 rings (SSSR count). The van der Waals surface area contributed by atoms with Crippen molar-refractivity contribution >= 4 is 17.8 Å².